The van der Waals surface area contributed by atoms with Crippen LogP contribution in [0.5, 0.6) is 11.5 Å². The monoisotopic (exact) mass is 285 g/mol. The summed E-state index contributed by atoms with van der Waals surface area (Å²) in [6.45, 7) is 0. The number of nitrogens with zero attached hydrogens (tertiary/aromatic N) is 1. The zero-order valence-electron chi connectivity index (χ0n) is 12.6. The van der Waals surface area contributed by atoms with Gasteiger partial charge in [-0.2, -0.15) is 5.26 Å². The Bertz CT molecular complexity index is 513. The molecule has 1 aliphatic carbocycles. The molecule has 0 spiro atoms. The minimum Gasteiger partial charge on any atom is -0.493 e. The number of nitriles is 1. The van der Waals surface area contributed by atoms with E-state index in [-0.39, 0.29) is 5.41 Å². The summed E-state index contributed by atoms with van der Waals surface area (Å²) in [6.07, 6.45) is 7.90. The van der Waals surface area contributed by atoms with Crippen molar-refractivity contribution >= 4 is 0 Å². The molecule has 4 heteroatoms. The molecule has 21 heavy (non-hydrogen) atoms. The van der Waals surface area contributed by atoms with Gasteiger partial charge in [-0.3, -0.25) is 0 Å². The predicted molar refractivity (Wildman–Crippen MR) is 79.2 cm³/mol. The van der Waals surface area contributed by atoms with Crippen molar-refractivity contribution in [3.63, 3.8) is 0 Å². The van der Waals surface area contributed by atoms with E-state index in [1.807, 2.05) is 37.5 Å². The number of ether oxygens (including phenoxy) is 3. The van der Waals surface area contributed by atoms with Gasteiger partial charge in [-0.05, 0) is 37.0 Å². The Labute approximate surface area is 126 Å². The number of hydrogen-bond acceptors (Lipinski definition) is 4. The van der Waals surface area contributed by atoms with E-state index in [1.54, 1.807) is 21.3 Å². The summed E-state index contributed by atoms with van der Waals surface area (Å²) in [5.74, 6) is 1.35. The van der Waals surface area contributed by atoms with Gasteiger partial charge >= 0.3 is 0 Å². The predicted octanol–water partition coefficient (Wildman–Crippen LogP) is 3.05. The summed E-state index contributed by atoms with van der Waals surface area (Å²) >= 11 is 0. The fourth-order valence-corrected chi connectivity index (χ4v) is 2.55. The van der Waals surface area contributed by atoms with E-state index in [0.29, 0.717) is 17.9 Å². The number of hydrogen-bond donors (Lipinski definition) is 0. The third-order valence-corrected chi connectivity index (χ3v) is 3.82. The first-order valence-corrected chi connectivity index (χ1v) is 6.72. The maximum absolute atomic E-state index is 9.20. The van der Waals surface area contributed by atoms with Crippen molar-refractivity contribution in [2.75, 3.05) is 21.3 Å². The third kappa shape index (κ3) is 3.14. The van der Waals surface area contributed by atoms with Crippen LogP contribution in [0.2, 0.25) is 0 Å². The molecular weight excluding hydrogens is 266 g/mol. The first-order valence-electron chi connectivity index (χ1n) is 6.72. The molecule has 1 atom stereocenters. The fourth-order valence-electron chi connectivity index (χ4n) is 2.55. The quantitative estimate of drug-likeness (QED) is 0.834. The zero-order chi connectivity index (χ0) is 15.3. The molecule has 1 aromatic rings. The average molecular weight is 285 g/mol. The molecule has 110 valence electrons. The maximum atomic E-state index is 9.20. The van der Waals surface area contributed by atoms with E-state index in [9.17, 15) is 5.26 Å². The van der Waals surface area contributed by atoms with E-state index < -0.39 is 0 Å². The minimum absolute atomic E-state index is 0.351. The molecule has 1 fully saturated rings. The molecule has 1 aliphatic rings. The molecule has 0 bridgehead atoms. The maximum Gasteiger partial charge on any atom is 0.161 e. The largest absolute Gasteiger partial charge is 0.493 e. The lowest BCUT2D eigenvalue weighted by Crippen LogP contribution is -2.33. The van der Waals surface area contributed by atoms with Crippen molar-refractivity contribution in [1.82, 2.24) is 0 Å². The summed E-state index contributed by atoms with van der Waals surface area (Å²) in [4.78, 5) is 0. The first kappa shape index (κ1) is 15.7. The van der Waals surface area contributed by atoms with Crippen LogP contribution in [0.15, 0.2) is 18.2 Å². The van der Waals surface area contributed by atoms with Crippen LogP contribution in [-0.2, 0) is 10.2 Å². The second-order valence-corrected chi connectivity index (χ2v) is 4.91. The summed E-state index contributed by atoms with van der Waals surface area (Å²) in [7, 11) is 4.86. The Hall–Kier alpha value is -1.73. The van der Waals surface area contributed by atoms with Gasteiger partial charge in [-0.1, -0.05) is 6.07 Å². The van der Waals surface area contributed by atoms with E-state index in [2.05, 4.69) is 6.07 Å². The van der Waals surface area contributed by atoms with Crippen molar-refractivity contribution < 1.29 is 14.2 Å². The Morgan fingerprint density at radius 1 is 1.14 bits per heavy atom. The summed E-state index contributed by atoms with van der Waals surface area (Å²) < 4.78 is 15.9. The molecule has 2 rings (SSSR count). The van der Waals surface area contributed by atoms with Gasteiger partial charge in [-0.15, -0.1) is 0 Å². The van der Waals surface area contributed by atoms with Crippen LogP contribution in [0.25, 0.3) is 0 Å². The lowest BCUT2D eigenvalue weighted by Gasteiger charge is -2.38. The summed E-state index contributed by atoms with van der Waals surface area (Å²) in [6, 6.07) is 8.07. The molecule has 1 unspecified atom stereocenters. The van der Waals surface area contributed by atoms with Gasteiger partial charge in [-0.25, -0.2) is 0 Å². The zero-order valence-corrected chi connectivity index (χ0v) is 12.6. The topological polar surface area (TPSA) is 51.5 Å². The van der Waals surface area contributed by atoms with Crippen molar-refractivity contribution in [3.05, 3.63) is 49.1 Å². The number of methoxy groups -OCH3 is 3. The third-order valence-electron chi connectivity index (χ3n) is 3.82. The van der Waals surface area contributed by atoms with Crippen molar-refractivity contribution in [1.29, 1.82) is 5.26 Å². The van der Waals surface area contributed by atoms with E-state index in [0.717, 1.165) is 18.1 Å². The van der Waals surface area contributed by atoms with Crippen molar-refractivity contribution in [3.8, 4) is 17.6 Å². The molecular formula is C17H19NO3. The Morgan fingerprint density at radius 2 is 1.90 bits per heavy atom. The molecule has 0 saturated heterocycles. The average Bonchev–Trinajstić information content (AvgIpc) is 2.55. The van der Waals surface area contributed by atoms with Crippen LogP contribution >= 0.6 is 0 Å². The van der Waals surface area contributed by atoms with Crippen LogP contribution in [0.1, 0.15) is 18.4 Å². The highest BCUT2D eigenvalue weighted by Crippen LogP contribution is 2.45. The lowest BCUT2D eigenvalue weighted by atomic mass is 9.67. The highest BCUT2D eigenvalue weighted by atomic mass is 16.5. The molecule has 0 N–H and O–H groups in total. The second kappa shape index (κ2) is 6.82. The van der Waals surface area contributed by atoms with Gasteiger partial charge in [0.15, 0.2) is 11.5 Å². The minimum atomic E-state index is -0.351. The second-order valence-electron chi connectivity index (χ2n) is 4.91. The first-order chi connectivity index (χ1) is 10.2. The SMILES string of the molecule is CO[C]1[CH][CH]C(CC#N)(c2ccc(OC)c(OC)c2)C[CH]1. The smallest absolute Gasteiger partial charge is 0.161 e. The van der Waals surface area contributed by atoms with Crippen LogP contribution in [0.4, 0.5) is 0 Å². The van der Waals surface area contributed by atoms with Gasteiger partial charge in [0.25, 0.3) is 0 Å². The van der Waals surface area contributed by atoms with Crippen molar-refractivity contribution in [2.24, 2.45) is 0 Å². The van der Waals surface area contributed by atoms with Gasteiger partial charge in [0.05, 0.1) is 20.3 Å². The van der Waals surface area contributed by atoms with E-state index >= 15 is 0 Å². The molecule has 0 amide bonds. The normalized spacial score (nSPS) is 18.0. The molecule has 4 radical (unpaired) electrons. The number of benzene rings is 1. The molecule has 1 aromatic carbocycles. The molecule has 0 heterocycles. The van der Waals surface area contributed by atoms with Gasteiger partial charge in [0, 0.05) is 25.4 Å². The Kier molecular flexibility index (Phi) is 5.08. The highest BCUT2D eigenvalue weighted by Gasteiger charge is 2.38. The van der Waals surface area contributed by atoms with Crippen LogP contribution in [0.3, 0.4) is 0 Å². The molecule has 1 saturated carbocycles. The van der Waals surface area contributed by atoms with Gasteiger partial charge < -0.3 is 14.2 Å². The van der Waals surface area contributed by atoms with Crippen LogP contribution in [0, 0.1) is 36.7 Å². The van der Waals surface area contributed by atoms with Gasteiger partial charge in [0.2, 0.25) is 0 Å². The highest BCUT2D eigenvalue weighted by molar-refractivity contribution is 5.48. The number of rotatable bonds is 5. The van der Waals surface area contributed by atoms with Crippen LogP contribution in [-0.4, -0.2) is 21.3 Å². The molecule has 4 nitrogen and oxygen atoms in total. The molecule has 0 aromatic heterocycles. The van der Waals surface area contributed by atoms with Crippen molar-refractivity contribution in [2.45, 2.75) is 18.3 Å². The van der Waals surface area contributed by atoms with Gasteiger partial charge in [0.1, 0.15) is 6.10 Å². The Morgan fingerprint density at radius 3 is 2.43 bits per heavy atom. The lowest BCUT2D eigenvalue weighted by molar-refractivity contribution is 0.220. The van der Waals surface area contributed by atoms with E-state index in [4.69, 9.17) is 14.2 Å². The Balaban J connectivity index is 2.33. The van der Waals surface area contributed by atoms with Crippen LogP contribution < -0.4 is 9.47 Å². The summed E-state index contributed by atoms with van der Waals surface area (Å²) in [5, 5.41) is 9.20. The summed E-state index contributed by atoms with van der Waals surface area (Å²) in [5.41, 5.74) is 0.681. The fraction of sp³-hybridized carbons (Fsp3) is 0.353. The molecule has 0 aliphatic heterocycles. The van der Waals surface area contributed by atoms with E-state index in [1.165, 1.54) is 0 Å². The standard InChI is InChI=1S/C17H19NO3/c1-19-14-6-8-17(9-7-14,10-11-18)13-4-5-15(20-2)16(12-13)21-3/h4-8,12H,9-10H2,1-3H3.